The first-order chi connectivity index (χ1) is 7.63. The van der Waals surface area contributed by atoms with Crippen molar-refractivity contribution in [2.75, 3.05) is 7.05 Å². The fourth-order valence-electron chi connectivity index (χ4n) is 1.34. The van der Waals surface area contributed by atoms with E-state index >= 15 is 0 Å². The first-order valence-corrected chi connectivity index (χ1v) is 5.51. The Balaban J connectivity index is 2.54. The molecule has 0 fully saturated rings. The molecule has 0 aliphatic carbocycles. The maximum Gasteiger partial charge on any atom is 0.191 e. The minimum absolute atomic E-state index is 0.371. The molecule has 0 amide bonds. The maximum absolute atomic E-state index is 4.32. The Hall–Kier alpha value is -1.58. The molecule has 88 valence electrons. The lowest BCUT2D eigenvalue weighted by molar-refractivity contribution is 0.695. The van der Waals surface area contributed by atoms with Crippen LogP contribution in [0.2, 0.25) is 0 Å². The largest absolute Gasteiger partial charge is 0.354 e. The second kappa shape index (κ2) is 6.10. The minimum atomic E-state index is 0.371. The third-order valence-electron chi connectivity index (χ3n) is 2.19. The maximum atomic E-state index is 4.32. The van der Waals surface area contributed by atoms with E-state index in [0.717, 1.165) is 11.7 Å². The van der Waals surface area contributed by atoms with Crippen molar-refractivity contribution in [3.63, 3.8) is 0 Å². The van der Waals surface area contributed by atoms with E-state index in [4.69, 9.17) is 0 Å². The fourth-order valence-corrected chi connectivity index (χ4v) is 1.34. The summed E-state index contributed by atoms with van der Waals surface area (Å²) in [6.07, 6.45) is 1.81. The van der Waals surface area contributed by atoms with E-state index < -0.39 is 0 Å². The van der Waals surface area contributed by atoms with Gasteiger partial charge in [-0.25, -0.2) is 0 Å². The molecule has 0 spiro atoms. The Labute approximate surface area is 97.2 Å². The highest BCUT2D eigenvalue weighted by atomic mass is 15.2. The zero-order valence-electron chi connectivity index (χ0n) is 10.4. The SMILES string of the molecule is CN=C(NCc1ncccc1C)NC(C)C. The molecule has 0 aromatic carbocycles. The number of aryl methyl sites for hydroxylation is 1. The van der Waals surface area contributed by atoms with Gasteiger partial charge in [0.15, 0.2) is 5.96 Å². The van der Waals surface area contributed by atoms with Gasteiger partial charge in [-0.2, -0.15) is 0 Å². The van der Waals surface area contributed by atoms with E-state index in [1.807, 2.05) is 12.3 Å². The van der Waals surface area contributed by atoms with Crippen LogP contribution in [0.25, 0.3) is 0 Å². The van der Waals surface area contributed by atoms with Gasteiger partial charge in [0, 0.05) is 19.3 Å². The quantitative estimate of drug-likeness (QED) is 0.599. The highest BCUT2D eigenvalue weighted by Crippen LogP contribution is 2.01. The Morgan fingerprint density at radius 2 is 2.25 bits per heavy atom. The number of rotatable bonds is 3. The van der Waals surface area contributed by atoms with Gasteiger partial charge < -0.3 is 10.6 Å². The predicted octanol–water partition coefficient (Wildman–Crippen LogP) is 1.46. The molecular weight excluding hydrogens is 200 g/mol. The Kier molecular flexibility index (Phi) is 4.76. The minimum Gasteiger partial charge on any atom is -0.354 e. The van der Waals surface area contributed by atoms with E-state index in [9.17, 15) is 0 Å². The van der Waals surface area contributed by atoms with Gasteiger partial charge in [0.25, 0.3) is 0 Å². The van der Waals surface area contributed by atoms with Gasteiger partial charge in [0.05, 0.1) is 12.2 Å². The van der Waals surface area contributed by atoms with E-state index in [2.05, 4.69) is 47.4 Å². The zero-order valence-corrected chi connectivity index (χ0v) is 10.4. The molecule has 4 nitrogen and oxygen atoms in total. The van der Waals surface area contributed by atoms with Crippen molar-refractivity contribution < 1.29 is 0 Å². The number of guanidine groups is 1. The number of nitrogens with one attached hydrogen (secondary N) is 2. The molecule has 0 radical (unpaired) electrons. The van der Waals surface area contributed by atoms with Crippen LogP contribution in [0.5, 0.6) is 0 Å². The van der Waals surface area contributed by atoms with Crippen LogP contribution in [0.4, 0.5) is 0 Å². The van der Waals surface area contributed by atoms with Gasteiger partial charge >= 0.3 is 0 Å². The van der Waals surface area contributed by atoms with Crippen LogP contribution in [0, 0.1) is 6.92 Å². The number of hydrogen-bond donors (Lipinski definition) is 2. The van der Waals surface area contributed by atoms with E-state index in [1.54, 1.807) is 7.05 Å². The number of aliphatic imine (C=N–C) groups is 1. The molecule has 0 saturated heterocycles. The summed E-state index contributed by atoms with van der Waals surface area (Å²) in [6, 6.07) is 4.37. The Morgan fingerprint density at radius 1 is 1.50 bits per heavy atom. The molecule has 0 saturated carbocycles. The standard InChI is InChI=1S/C12H20N4/c1-9(2)16-12(13-4)15-8-11-10(3)6-5-7-14-11/h5-7,9H,8H2,1-4H3,(H2,13,15,16). The molecule has 1 rings (SSSR count). The summed E-state index contributed by atoms with van der Waals surface area (Å²) in [4.78, 5) is 8.46. The van der Waals surface area contributed by atoms with Crippen LogP contribution >= 0.6 is 0 Å². The second-order valence-electron chi connectivity index (χ2n) is 3.99. The predicted molar refractivity (Wildman–Crippen MR) is 67.4 cm³/mol. The molecule has 4 heteroatoms. The summed E-state index contributed by atoms with van der Waals surface area (Å²) in [6.45, 7) is 6.92. The van der Waals surface area contributed by atoms with Gasteiger partial charge in [-0.1, -0.05) is 6.07 Å². The molecule has 1 aromatic rings. The van der Waals surface area contributed by atoms with Crippen LogP contribution in [0.1, 0.15) is 25.1 Å². The smallest absolute Gasteiger partial charge is 0.191 e. The molecular formula is C12H20N4. The van der Waals surface area contributed by atoms with E-state index in [1.165, 1.54) is 5.56 Å². The zero-order chi connectivity index (χ0) is 12.0. The molecule has 0 aliphatic heterocycles. The van der Waals surface area contributed by atoms with Crippen LogP contribution in [-0.4, -0.2) is 24.0 Å². The first kappa shape index (κ1) is 12.5. The first-order valence-electron chi connectivity index (χ1n) is 5.51. The third-order valence-corrected chi connectivity index (χ3v) is 2.19. The second-order valence-corrected chi connectivity index (χ2v) is 3.99. The molecule has 1 aromatic heterocycles. The Morgan fingerprint density at radius 3 is 2.81 bits per heavy atom. The molecule has 1 heterocycles. The van der Waals surface area contributed by atoms with Crippen molar-refractivity contribution >= 4 is 5.96 Å². The number of nitrogens with zero attached hydrogens (tertiary/aromatic N) is 2. The molecule has 0 unspecified atom stereocenters. The van der Waals surface area contributed by atoms with Crippen molar-refractivity contribution in [1.82, 2.24) is 15.6 Å². The molecule has 0 atom stereocenters. The molecule has 16 heavy (non-hydrogen) atoms. The van der Waals surface area contributed by atoms with Crippen molar-refractivity contribution in [1.29, 1.82) is 0 Å². The lowest BCUT2D eigenvalue weighted by Gasteiger charge is -2.14. The van der Waals surface area contributed by atoms with Gasteiger partial charge in [-0.15, -0.1) is 0 Å². The van der Waals surface area contributed by atoms with Crippen molar-refractivity contribution in [3.05, 3.63) is 29.6 Å². The fraction of sp³-hybridized carbons (Fsp3) is 0.500. The Bertz CT molecular complexity index is 358. The van der Waals surface area contributed by atoms with Gasteiger partial charge in [0.1, 0.15) is 0 Å². The van der Waals surface area contributed by atoms with Crippen molar-refractivity contribution in [2.45, 2.75) is 33.4 Å². The number of hydrogen-bond acceptors (Lipinski definition) is 2. The summed E-state index contributed by atoms with van der Waals surface area (Å²) < 4.78 is 0. The number of aromatic nitrogens is 1. The van der Waals surface area contributed by atoms with E-state index in [-0.39, 0.29) is 0 Å². The van der Waals surface area contributed by atoms with Crippen LogP contribution in [0.15, 0.2) is 23.3 Å². The molecule has 0 bridgehead atoms. The lowest BCUT2D eigenvalue weighted by Crippen LogP contribution is -2.40. The van der Waals surface area contributed by atoms with Crippen LogP contribution < -0.4 is 10.6 Å². The monoisotopic (exact) mass is 220 g/mol. The topological polar surface area (TPSA) is 49.3 Å². The highest BCUT2D eigenvalue weighted by Gasteiger charge is 2.02. The van der Waals surface area contributed by atoms with Gasteiger partial charge in [-0.05, 0) is 32.4 Å². The lowest BCUT2D eigenvalue weighted by atomic mass is 10.2. The van der Waals surface area contributed by atoms with Crippen LogP contribution in [-0.2, 0) is 6.54 Å². The van der Waals surface area contributed by atoms with Crippen molar-refractivity contribution in [3.8, 4) is 0 Å². The summed E-state index contributed by atoms with van der Waals surface area (Å²) >= 11 is 0. The summed E-state index contributed by atoms with van der Waals surface area (Å²) in [5.41, 5.74) is 2.24. The van der Waals surface area contributed by atoms with Crippen molar-refractivity contribution in [2.24, 2.45) is 4.99 Å². The average Bonchev–Trinajstić information content (AvgIpc) is 2.25. The summed E-state index contributed by atoms with van der Waals surface area (Å²) in [7, 11) is 1.77. The van der Waals surface area contributed by atoms with E-state index in [0.29, 0.717) is 12.6 Å². The average molecular weight is 220 g/mol. The summed E-state index contributed by atoms with van der Waals surface area (Å²) in [5, 5.41) is 6.46. The normalized spacial score (nSPS) is 11.7. The van der Waals surface area contributed by atoms with Crippen LogP contribution in [0.3, 0.4) is 0 Å². The summed E-state index contributed by atoms with van der Waals surface area (Å²) in [5.74, 6) is 0.806. The van der Waals surface area contributed by atoms with Gasteiger partial charge in [-0.3, -0.25) is 9.98 Å². The highest BCUT2D eigenvalue weighted by molar-refractivity contribution is 5.79. The third kappa shape index (κ3) is 3.88. The number of pyridine rings is 1. The molecule has 2 N–H and O–H groups in total. The molecule has 0 aliphatic rings. The van der Waals surface area contributed by atoms with Gasteiger partial charge in [0.2, 0.25) is 0 Å².